The molecule has 0 radical (unpaired) electrons. The van der Waals surface area contributed by atoms with Gasteiger partial charge < -0.3 is 9.31 Å². The highest BCUT2D eigenvalue weighted by Gasteiger charge is 2.52. The zero-order valence-electron chi connectivity index (χ0n) is 13.4. The van der Waals surface area contributed by atoms with E-state index in [4.69, 9.17) is 9.31 Å². The summed E-state index contributed by atoms with van der Waals surface area (Å²) in [5, 5.41) is 0. The molecule has 0 atom stereocenters. The Morgan fingerprint density at radius 3 is 2.05 bits per heavy atom. The van der Waals surface area contributed by atoms with Gasteiger partial charge in [0.25, 0.3) is 0 Å². The third-order valence-corrected chi connectivity index (χ3v) is 4.19. The van der Waals surface area contributed by atoms with E-state index >= 15 is 0 Å². The number of rotatable bonds is 1. The molecular weight excluding hydrogens is 256 g/mol. The molecule has 0 amide bonds. The lowest BCUT2D eigenvalue weighted by Gasteiger charge is -2.32. The lowest BCUT2D eigenvalue weighted by molar-refractivity contribution is 0.00578. The van der Waals surface area contributed by atoms with Crippen LogP contribution in [0.2, 0.25) is 0 Å². The van der Waals surface area contributed by atoms with E-state index in [0.717, 1.165) is 5.46 Å². The minimum absolute atomic E-state index is 0.364. The van der Waals surface area contributed by atoms with Crippen LogP contribution in [0.3, 0.4) is 0 Å². The molecule has 1 aliphatic heterocycles. The largest absolute Gasteiger partial charge is 0.495 e. The van der Waals surface area contributed by atoms with Crippen LogP contribution in [-0.4, -0.2) is 23.3 Å². The van der Waals surface area contributed by atoms with Gasteiger partial charge in [-0.3, -0.25) is 0 Å². The Morgan fingerprint density at radius 1 is 1.10 bits per heavy atom. The number of aromatic nitrogens is 1. The molecule has 1 aromatic rings. The molecule has 1 saturated heterocycles. The summed E-state index contributed by atoms with van der Waals surface area (Å²) < 4.78 is 26.2. The topological polar surface area (TPSA) is 31.4 Å². The molecule has 0 saturated carbocycles. The zero-order chi connectivity index (χ0) is 15.3. The molecule has 110 valence electrons. The second-order valence-corrected chi connectivity index (χ2v) is 7.40. The summed E-state index contributed by atoms with van der Waals surface area (Å²) in [6, 6.07) is 1.78. The summed E-state index contributed by atoms with van der Waals surface area (Å²) in [5.41, 5.74) is 0.0401. The van der Waals surface area contributed by atoms with Crippen molar-refractivity contribution in [1.29, 1.82) is 0 Å². The zero-order valence-corrected chi connectivity index (χ0v) is 13.4. The molecule has 2 rings (SSSR count). The Hall–Kier alpha value is -0.935. The normalized spacial score (nSPS) is 21.3. The van der Waals surface area contributed by atoms with Crippen LogP contribution >= 0.6 is 0 Å². The fourth-order valence-electron chi connectivity index (χ4n) is 2.36. The van der Waals surface area contributed by atoms with Crippen molar-refractivity contribution >= 4 is 12.6 Å². The highest BCUT2D eigenvalue weighted by atomic mass is 19.1. The van der Waals surface area contributed by atoms with Crippen LogP contribution in [0.15, 0.2) is 12.3 Å². The average Bonchev–Trinajstić information content (AvgIpc) is 2.46. The first-order chi connectivity index (χ1) is 8.96. The Labute approximate surface area is 121 Å². The van der Waals surface area contributed by atoms with Crippen LogP contribution < -0.4 is 5.46 Å². The van der Waals surface area contributed by atoms with Crippen LogP contribution in [0.4, 0.5) is 4.39 Å². The Kier molecular flexibility index (Phi) is 3.50. The molecule has 0 aromatic carbocycles. The predicted octanol–water partition coefficient (Wildman–Crippen LogP) is 2.82. The van der Waals surface area contributed by atoms with E-state index in [0.29, 0.717) is 5.56 Å². The maximum atomic E-state index is 14.2. The van der Waals surface area contributed by atoms with Crippen LogP contribution in [0, 0.1) is 5.95 Å². The maximum Gasteiger partial charge on any atom is 0.495 e. The van der Waals surface area contributed by atoms with Crippen molar-refractivity contribution < 1.29 is 13.7 Å². The first kappa shape index (κ1) is 15.5. The lowest BCUT2D eigenvalue weighted by Crippen LogP contribution is -2.41. The quantitative estimate of drug-likeness (QED) is 0.585. The molecule has 3 nitrogen and oxygen atoms in total. The molecule has 2 heterocycles. The third kappa shape index (κ3) is 2.49. The van der Waals surface area contributed by atoms with E-state index < -0.39 is 24.3 Å². The molecule has 0 N–H and O–H groups in total. The molecule has 0 bridgehead atoms. The minimum atomic E-state index is -0.563. The van der Waals surface area contributed by atoms with Gasteiger partial charge in [0.05, 0.1) is 11.2 Å². The smallest absolute Gasteiger partial charge is 0.399 e. The van der Waals surface area contributed by atoms with Crippen molar-refractivity contribution in [3.63, 3.8) is 0 Å². The highest BCUT2D eigenvalue weighted by Crippen LogP contribution is 2.37. The van der Waals surface area contributed by atoms with Crippen molar-refractivity contribution in [1.82, 2.24) is 4.98 Å². The van der Waals surface area contributed by atoms with Crippen molar-refractivity contribution in [3.8, 4) is 0 Å². The monoisotopic (exact) mass is 279 g/mol. The molecular formula is C15H23BFNO2. The molecule has 1 fully saturated rings. The molecule has 0 unspecified atom stereocenters. The van der Waals surface area contributed by atoms with Gasteiger partial charge in [-0.25, -0.2) is 4.98 Å². The van der Waals surface area contributed by atoms with Gasteiger partial charge in [0, 0.05) is 11.8 Å². The maximum absolute atomic E-state index is 14.2. The predicted molar refractivity (Wildman–Crippen MR) is 78.6 cm³/mol. The standard InChI is InChI=1S/C15H23BFNO2/c1-13(2,3)11-10(8-9-18-12(11)17)16-19-14(4,5)15(6,7)20-16/h8-9H,1-7H3. The van der Waals surface area contributed by atoms with Gasteiger partial charge in [0.15, 0.2) is 0 Å². The molecule has 1 aromatic heterocycles. The van der Waals surface area contributed by atoms with Gasteiger partial charge in [0.1, 0.15) is 0 Å². The van der Waals surface area contributed by atoms with E-state index in [1.165, 1.54) is 6.20 Å². The van der Waals surface area contributed by atoms with Crippen LogP contribution in [-0.2, 0) is 14.7 Å². The van der Waals surface area contributed by atoms with Gasteiger partial charge in [-0.2, -0.15) is 4.39 Å². The number of hydrogen-bond donors (Lipinski definition) is 0. The Balaban J connectivity index is 2.49. The van der Waals surface area contributed by atoms with Crippen LogP contribution in [0.5, 0.6) is 0 Å². The Bertz CT molecular complexity index is 507. The van der Waals surface area contributed by atoms with Crippen LogP contribution in [0.1, 0.15) is 54.0 Å². The molecule has 20 heavy (non-hydrogen) atoms. The van der Waals surface area contributed by atoms with Crippen molar-refractivity contribution in [3.05, 3.63) is 23.8 Å². The molecule has 0 aliphatic carbocycles. The third-order valence-electron chi connectivity index (χ3n) is 4.19. The summed E-state index contributed by atoms with van der Waals surface area (Å²) in [4.78, 5) is 3.77. The van der Waals surface area contributed by atoms with Gasteiger partial charge in [0.2, 0.25) is 5.95 Å². The van der Waals surface area contributed by atoms with Crippen LogP contribution in [0.25, 0.3) is 0 Å². The highest BCUT2D eigenvalue weighted by molar-refractivity contribution is 6.62. The van der Waals surface area contributed by atoms with Gasteiger partial charge >= 0.3 is 7.12 Å². The van der Waals surface area contributed by atoms with E-state index in [2.05, 4.69) is 4.98 Å². The number of halogens is 1. The average molecular weight is 279 g/mol. The second kappa shape index (κ2) is 4.53. The Morgan fingerprint density at radius 2 is 1.60 bits per heavy atom. The van der Waals surface area contributed by atoms with Crippen molar-refractivity contribution in [2.24, 2.45) is 0 Å². The molecule has 1 aliphatic rings. The lowest BCUT2D eigenvalue weighted by atomic mass is 9.70. The summed E-state index contributed by atoms with van der Waals surface area (Å²) >= 11 is 0. The van der Waals surface area contributed by atoms with E-state index in [9.17, 15) is 4.39 Å². The number of hydrogen-bond acceptors (Lipinski definition) is 3. The fourth-order valence-corrected chi connectivity index (χ4v) is 2.36. The minimum Gasteiger partial charge on any atom is -0.399 e. The summed E-state index contributed by atoms with van der Waals surface area (Å²) in [7, 11) is -0.563. The molecule has 5 heteroatoms. The van der Waals surface area contributed by atoms with Gasteiger partial charge in [-0.1, -0.05) is 20.8 Å². The number of pyridine rings is 1. The first-order valence-corrected chi connectivity index (χ1v) is 6.96. The van der Waals surface area contributed by atoms with E-state index in [1.807, 2.05) is 48.5 Å². The number of nitrogens with zero attached hydrogens (tertiary/aromatic N) is 1. The van der Waals surface area contributed by atoms with Crippen molar-refractivity contribution in [2.75, 3.05) is 0 Å². The SMILES string of the molecule is CC(C)(C)c1c(B2OC(C)(C)C(C)(C)O2)ccnc1F. The fraction of sp³-hybridized carbons (Fsp3) is 0.667. The summed E-state index contributed by atoms with van der Waals surface area (Å²) in [6.07, 6.45) is 1.46. The second-order valence-electron chi connectivity index (χ2n) is 7.40. The van der Waals surface area contributed by atoms with E-state index in [1.54, 1.807) is 6.07 Å². The summed E-state index contributed by atoms with van der Waals surface area (Å²) in [6.45, 7) is 13.8. The molecule has 0 spiro atoms. The van der Waals surface area contributed by atoms with Gasteiger partial charge in [-0.15, -0.1) is 0 Å². The van der Waals surface area contributed by atoms with E-state index in [-0.39, 0.29) is 5.41 Å². The van der Waals surface area contributed by atoms with Crippen molar-refractivity contribution in [2.45, 2.75) is 65.1 Å². The summed E-state index contributed by atoms with van der Waals surface area (Å²) in [5.74, 6) is -0.454. The first-order valence-electron chi connectivity index (χ1n) is 6.96. The van der Waals surface area contributed by atoms with Gasteiger partial charge in [-0.05, 0) is 44.6 Å².